The number of allylic oxidation sites excluding steroid dienone is 3. The Morgan fingerprint density at radius 3 is 2.69 bits per heavy atom. The van der Waals surface area contributed by atoms with Crippen molar-refractivity contribution in [3.05, 3.63) is 23.3 Å². The van der Waals surface area contributed by atoms with E-state index in [4.69, 9.17) is 0 Å². The first kappa shape index (κ1) is 13.5. The Balaban J connectivity index is 2.56. The Hall–Kier alpha value is -0.560. The van der Waals surface area contributed by atoms with E-state index >= 15 is 0 Å². The maximum Gasteiger partial charge on any atom is 0.0641 e. The molecular formula is C15H26O. The highest BCUT2D eigenvalue weighted by Crippen LogP contribution is 2.44. The fourth-order valence-corrected chi connectivity index (χ4v) is 2.47. The standard InChI is InChI=1S/C15H26O/c1-5-6-13(11-16)8-10-14-9-7-12(2)15(14,3)4/h7-8,14,16H,5-6,9-11H2,1-4H3/b13-8-. The van der Waals surface area contributed by atoms with Crippen molar-refractivity contribution >= 4 is 0 Å². The topological polar surface area (TPSA) is 20.2 Å². The lowest BCUT2D eigenvalue weighted by molar-refractivity contribution is 0.291. The second kappa shape index (κ2) is 5.67. The van der Waals surface area contributed by atoms with E-state index in [1.165, 1.54) is 17.6 Å². The van der Waals surface area contributed by atoms with Gasteiger partial charge in [0.25, 0.3) is 0 Å². The number of hydrogen-bond acceptors (Lipinski definition) is 1. The lowest BCUT2D eigenvalue weighted by atomic mass is 9.76. The molecule has 0 amide bonds. The summed E-state index contributed by atoms with van der Waals surface area (Å²) in [6.45, 7) is 9.30. The normalized spacial score (nSPS) is 24.7. The highest BCUT2D eigenvalue weighted by molar-refractivity contribution is 5.19. The van der Waals surface area contributed by atoms with E-state index in [1.54, 1.807) is 0 Å². The fourth-order valence-electron chi connectivity index (χ4n) is 2.47. The summed E-state index contributed by atoms with van der Waals surface area (Å²) in [5.41, 5.74) is 3.07. The molecule has 0 radical (unpaired) electrons. The summed E-state index contributed by atoms with van der Waals surface area (Å²) >= 11 is 0. The van der Waals surface area contributed by atoms with Crippen LogP contribution in [0.5, 0.6) is 0 Å². The van der Waals surface area contributed by atoms with Gasteiger partial charge in [-0.25, -0.2) is 0 Å². The molecule has 1 aliphatic rings. The highest BCUT2D eigenvalue weighted by atomic mass is 16.3. The van der Waals surface area contributed by atoms with Gasteiger partial charge in [0.2, 0.25) is 0 Å². The third-order valence-corrected chi connectivity index (χ3v) is 4.21. The number of aliphatic hydroxyl groups excluding tert-OH is 1. The Morgan fingerprint density at radius 1 is 1.56 bits per heavy atom. The average Bonchev–Trinajstić information content (AvgIpc) is 2.50. The molecule has 16 heavy (non-hydrogen) atoms. The van der Waals surface area contributed by atoms with Crippen LogP contribution in [0, 0.1) is 11.3 Å². The molecule has 1 unspecified atom stereocenters. The van der Waals surface area contributed by atoms with Crippen LogP contribution in [0.2, 0.25) is 0 Å². The van der Waals surface area contributed by atoms with Crippen LogP contribution in [0.25, 0.3) is 0 Å². The molecule has 0 bridgehead atoms. The first-order valence-corrected chi connectivity index (χ1v) is 6.48. The van der Waals surface area contributed by atoms with Crippen molar-refractivity contribution < 1.29 is 5.11 Å². The van der Waals surface area contributed by atoms with Gasteiger partial charge in [0.05, 0.1) is 6.61 Å². The van der Waals surface area contributed by atoms with Crippen LogP contribution in [0.1, 0.15) is 53.4 Å². The molecule has 0 spiro atoms. The first-order chi connectivity index (χ1) is 7.52. The smallest absolute Gasteiger partial charge is 0.0641 e. The van der Waals surface area contributed by atoms with E-state index in [-0.39, 0.29) is 6.61 Å². The van der Waals surface area contributed by atoms with E-state index in [1.807, 2.05) is 0 Å². The molecule has 0 aromatic carbocycles. The fraction of sp³-hybridized carbons (Fsp3) is 0.733. The summed E-state index contributed by atoms with van der Waals surface area (Å²) in [4.78, 5) is 0. The summed E-state index contributed by atoms with van der Waals surface area (Å²) in [6, 6.07) is 0. The highest BCUT2D eigenvalue weighted by Gasteiger charge is 2.33. The van der Waals surface area contributed by atoms with Crippen molar-refractivity contribution in [3.63, 3.8) is 0 Å². The monoisotopic (exact) mass is 222 g/mol. The molecule has 1 aliphatic carbocycles. The zero-order chi connectivity index (χ0) is 12.2. The molecule has 1 N–H and O–H groups in total. The minimum absolute atomic E-state index is 0.230. The van der Waals surface area contributed by atoms with E-state index in [9.17, 15) is 5.11 Å². The average molecular weight is 222 g/mol. The van der Waals surface area contributed by atoms with Crippen LogP contribution in [-0.2, 0) is 0 Å². The summed E-state index contributed by atoms with van der Waals surface area (Å²) in [7, 11) is 0. The summed E-state index contributed by atoms with van der Waals surface area (Å²) in [5.74, 6) is 0.714. The lowest BCUT2D eigenvalue weighted by Crippen LogP contribution is -2.19. The van der Waals surface area contributed by atoms with E-state index in [0.29, 0.717) is 11.3 Å². The number of rotatable bonds is 5. The molecule has 0 saturated carbocycles. The molecule has 0 saturated heterocycles. The summed E-state index contributed by atoms with van der Waals surface area (Å²) in [5, 5.41) is 9.23. The molecule has 0 aromatic rings. The van der Waals surface area contributed by atoms with Crippen molar-refractivity contribution in [2.75, 3.05) is 6.61 Å². The van der Waals surface area contributed by atoms with E-state index < -0.39 is 0 Å². The number of hydrogen-bond donors (Lipinski definition) is 1. The van der Waals surface area contributed by atoms with Gasteiger partial charge < -0.3 is 5.11 Å². The van der Waals surface area contributed by atoms with E-state index in [2.05, 4.69) is 39.8 Å². The van der Waals surface area contributed by atoms with E-state index in [0.717, 1.165) is 19.3 Å². The van der Waals surface area contributed by atoms with Gasteiger partial charge in [0.15, 0.2) is 0 Å². The zero-order valence-corrected chi connectivity index (χ0v) is 11.2. The first-order valence-electron chi connectivity index (χ1n) is 6.48. The Kier molecular flexibility index (Phi) is 4.79. The van der Waals surface area contributed by atoms with Gasteiger partial charge in [0, 0.05) is 0 Å². The van der Waals surface area contributed by atoms with Gasteiger partial charge in [-0.1, -0.05) is 44.9 Å². The van der Waals surface area contributed by atoms with Gasteiger partial charge in [-0.3, -0.25) is 0 Å². The molecular weight excluding hydrogens is 196 g/mol. The van der Waals surface area contributed by atoms with Crippen molar-refractivity contribution in [1.29, 1.82) is 0 Å². The van der Waals surface area contributed by atoms with Gasteiger partial charge >= 0.3 is 0 Å². The van der Waals surface area contributed by atoms with Gasteiger partial charge in [0.1, 0.15) is 0 Å². The van der Waals surface area contributed by atoms with Crippen LogP contribution in [0.15, 0.2) is 23.3 Å². The van der Waals surface area contributed by atoms with Crippen LogP contribution in [0.3, 0.4) is 0 Å². The van der Waals surface area contributed by atoms with Crippen LogP contribution >= 0.6 is 0 Å². The van der Waals surface area contributed by atoms with Crippen LogP contribution < -0.4 is 0 Å². The van der Waals surface area contributed by atoms with Crippen LogP contribution in [-0.4, -0.2) is 11.7 Å². The molecule has 1 heteroatoms. The Labute approximate surface area is 100 Å². The predicted molar refractivity (Wildman–Crippen MR) is 70.3 cm³/mol. The maximum atomic E-state index is 9.23. The molecule has 1 nitrogen and oxygen atoms in total. The van der Waals surface area contributed by atoms with Crippen molar-refractivity contribution in [2.45, 2.75) is 53.4 Å². The van der Waals surface area contributed by atoms with Gasteiger partial charge in [-0.05, 0) is 43.1 Å². The minimum atomic E-state index is 0.230. The third-order valence-electron chi connectivity index (χ3n) is 4.21. The molecule has 0 aromatic heterocycles. The van der Waals surface area contributed by atoms with Crippen LogP contribution in [0.4, 0.5) is 0 Å². The molecule has 0 aliphatic heterocycles. The van der Waals surface area contributed by atoms with Crippen molar-refractivity contribution in [3.8, 4) is 0 Å². The maximum absolute atomic E-state index is 9.23. The SMILES string of the molecule is CCC/C(=C/CC1CC=C(C)C1(C)C)CO. The summed E-state index contributed by atoms with van der Waals surface area (Å²) < 4.78 is 0. The predicted octanol–water partition coefficient (Wildman–Crippen LogP) is 4.09. The second-order valence-electron chi connectivity index (χ2n) is 5.55. The third kappa shape index (κ3) is 2.98. The van der Waals surface area contributed by atoms with Crippen molar-refractivity contribution in [2.24, 2.45) is 11.3 Å². The summed E-state index contributed by atoms with van der Waals surface area (Å²) in [6.07, 6.45) is 9.10. The zero-order valence-electron chi connectivity index (χ0n) is 11.2. The molecule has 92 valence electrons. The Morgan fingerprint density at radius 2 is 2.25 bits per heavy atom. The van der Waals surface area contributed by atoms with Gasteiger partial charge in [-0.2, -0.15) is 0 Å². The second-order valence-corrected chi connectivity index (χ2v) is 5.55. The lowest BCUT2D eigenvalue weighted by Gasteiger charge is -2.29. The molecule has 0 heterocycles. The molecule has 1 atom stereocenters. The van der Waals surface area contributed by atoms with Crippen molar-refractivity contribution in [1.82, 2.24) is 0 Å². The quantitative estimate of drug-likeness (QED) is 0.695. The molecule has 1 rings (SSSR count). The largest absolute Gasteiger partial charge is 0.392 e. The number of aliphatic hydroxyl groups is 1. The molecule has 0 fully saturated rings. The Bertz CT molecular complexity index is 284. The minimum Gasteiger partial charge on any atom is -0.392 e. The van der Waals surface area contributed by atoms with Gasteiger partial charge in [-0.15, -0.1) is 0 Å².